The fourth-order valence-electron chi connectivity index (χ4n) is 1.88. The van der Waals surface area contributed by atoms with Crippen molar-refractivity contribution in [2.24, 2.45) is 0 Å². The summed E-state index contributed by atoms with van der Waals surface area (Å²) in [7, 11) is -0.509. The molecule has 96 valence electrons. The molecule has 2 rings (SSSR count). The molecule has 4 nitrogen and oxygen atoms in total. The summed E-state index contributed by atoms with van der Waals surface area (Å²) in [6.07, 6.45) is 0. The van der Waals surface area contributed by atoms with E-state index >= 15 is 0 Å². The summed E-state index contributed by atoms with van der Waals surface area (Å²) in [5.74, 6) is 0. The monoisotopic (exact) mass is 254 g/mol. The number of nitrogens with zero attached hydrogens (tertiary/aromatic N) is 2. The molecule has 5 heteroatoms. The van der Waals surface area contributed by atoms with Crippen molar-refractivity contribution in [2.45, 2.75) is 38.9 Å². The molecular weight excluding hydrogens is 239 g/mol. The van der Waals surface area contributed by atoms with E-state index in [1.807, 2.05) is 39.8 Å². The standard InChI is InChI=1S/C14H15BN2O2/c1-13(2)14(3,4)19-15(18-13)12-6-5-10(8-16)11(7-12)9-17/h5-7H,1-4H3. The molecule has 1 saturated heterocycles. The minimum Gasteiger partial charge on any atom is -0.399 e. The smallest absolute Gasteiger partial charge is 0.399 e. The summed E-state index contributed by atoms with van der Waals surface area (Å²) < 4.78 is 11.8. The van der Waals surface area contributed by atoms with E-state index in [2.05, 4.69) is 0 Å². The van der Waals surface area contributed by atoms with Gasteiger partial charge in [0.05, 0.1) is 22.3 Å². The summed E-state index contributed by atoms with van der Waals surface area (Å²) in [6, 6.07) is 9.05. The zero-order valence-corrected chi connectivity index (χ0v) is 11.5. The zero-order chi connectivity index (χ0) is 14.3. The highest BCUT2D eigenvalue weighted by molar-refractivity contribution is 6.62. The predicted octanol–water partition coefficient (Wildman–Crippen LogP) is 1.73. The maximum absolute atomic E-state index is 9.04. The molecule has 1 fully saturated rings. The molecule has 0 amide bonds. The van der Waals surface area contributed by atoms with Gasteiger partial charge in [-0.05, 0) is 45.3 Å². The fraction of sp³-hybridized carbons (Fsp3) is 0.429. The molecule has 0 atom stereocenters. The van der Waals surface area contributed by atoms with Crippen molar-refractivity contribution in [3.8, 4) is 12.1 Å². The van der Waals surface area contributed by atoms with Crippen molar-refractivity contribution in [1.82, 2.24) is 0 Å². The summed E-state index contributed by atoms with van der Waals surface area (Å²) >= 11 is 0. The van der Waals surface area contributed by atoms with E-state index in [9.17, 15) is 0 Å². The fourth-order valence-corrected chi connectivity index (χ4v) is 1.88. The molecule has 1 heterocycles. The zero-order valence-electron chi connectivity index (χ0n) is 11.5. The highest BCUT2D eigenvalue weighted by atomic mass is 16.7. The summed E-state index contributed by atoms with van der Waals surface area (Å²) in [4.78, 5) is 0. The Kier molecular flexibility index (Phi) is 3.14. The Morgan fingerprint density at radius 1 is 0.947 bits per heavy atom. The highest BCUT2D eigenvalue weighted by Crippen LogP contribution is 2.36. The molecule has 0 bridgehead atoms. The lowest BCUT2D eigenvalue weighted by Crippen LogP contribution is -2.41. The minimum atomic E-state index is -0.509. The van der Waals surface area contributed by atoms with Gasteiger partial charge in [0.15, 0.2) is 0 Å². The molecular formula is C14H15BN2O2. The second-order valence-corrected chi connectivity index (χ2v) is 5.62. The van der Waals surface area contributed by atoms with Gasteiger partial charge in [-0.3, -0.25) is 0 Å². The lowest BCUT2D eigenvalue weighted by atomic mass is 9.78. The maximum atomic E-state index is 9.04. The van der Waals surface area contributed by atoms with Crippen LogP contribution in [0, 0.1) is 22.7 Å². The number of hydrogen-bond donors (Lipinski definition) is 0. The van der Waals surface area contributed by atoms with Crippen LogP contribution in [0.3, 0.4) is 0 Å². The predicted molar refractivity (Wildman–Crippen MR) is 71.6 cm³/mol. The Morgan fingerprint density at radius 3 is 1.95 bits per heavy atom. The number of hydrogen-bond acceptors (Lipinski definition) is 4. The van der Waals surface area contributed by atoms with Gasteiger partial charge in [0.2, 0.25) is 0 Å². The first-order valence-electron chi connectivity index (χ1n) is 6.10. The largest absolute Gasteiger partial charge is 0.494 e. The molecule has 1 aromatic rings. The van der Waals surface area contributed by atoms with Crippen LogP contribution in [-0.2, 0) is 9.31 Å². The van der Waals surface area contributed by atoms with Crippen LogP contribution in [0.4, 0.5) is 0 Å². The second-order valence-electron chi connectivity index (χ2n) is 5.62. The number of rotatable bonds is 1. The SMILES string of the molecule is CC1(C)OB(c2ccc(C#N)c(C#N)c2)OC1(C)C. The Hall–Kier alpha value is -1.82. The Bertz CT molecular complexity index is 580. The third-order valence-electron chi connectivity index (χ3n) is 3.81. The van der Waals surface area contributed by atoms with Gasteiger partial charge in [-0.15, -0.1) is 0 Å². The van der Waals surface area contributed by atoms with Gasteiger partial charge >= 0.3 is 7.12 Å². The first-order chi connectivity index (χ1) is 8.80. The van der Waals surface area contributed by atoms with E-state index in [4.69, 9.17) is 19.8 Å². The van der Waals surface area contributed by atoms with Crippen molar-refractivity contribution >= 4 is 12.6 Å². The quantitative estimate of drug-likeness (QED) is 0.716. The van der Waals surface area contributed by atoms with E-state index in [0.29, 0.717) is 11.1 Å². The highest BCUT2D eigenvalue weighted by Gasteiger charge is 2.51. The molecule has 1 aliphatic rings. The van der Waals surface area contributed by atoms with E-state index < -0.39 is 18.3 Å². The molecule has 0 unspecified atom stereocenters. The van der Waals surface area contributed by atoms with Crippen molar-refractivity contribution in [3.05, 3.63) is 29.3 Å². The van der Waals surface area contributed by atoms with E-state index in [0.717, 1.165) is 5.46 Å². The van der Waals surface area contributed by atoms with Crippen LogP contribution in [0.2, 0.25) is 0 Å². The minimum absolute atomic E-state index is 0.342. The number of benzene rings is 1. The number of nitriles is 2. The maximum Gasteiger partial charge on any atom is 0.494 e. The lowest BCUT2D eigenvalue weighted by Gasteiger charge is -2.32. The van der Waals surface area contributed by atoms with Crippen molar-refractivity contribution < 1.29 is 9.31 Å². The van der Waals surface area contributed by atoms with E-state index in [1.165, 1.54) is 0 Å². The van der Waals surface area contributed by atoms with Gasteiger partial charge < -0.3 is 9.31 Å². The van der Waals surface area contributed by atoms with Crippen LogP contribution in [0.15, 0.2) is 18.2 Å². The van der Waals surface area contributed by atoms with Crippen LogP contribution in [0.1, 0.15) is 38.8 Å². The summed E-state index contributed by atoms with van der Waals surface area (Å²) in [5, 5.41) is 17.9. The first kappa shape index (κ1) is 13.6. The van der Waals surface area contributed by atoms with Crippen molar-refractivity contribution in [3.63, 3.8) is 0 Å². The van der Waals surface area contributed by atoms with Gasteiger partial charge in [0.25, 0.3) is 0 Å². The summed E-state index contributed by atoms with van der Waals surface area (Å²) in [5.41, 5.74) is 0.628. The molecule has 19 heavy (non-hydrogen) atoms. The average Bonchev–Trinajstić information content (AvgIpc) is 2.57. The molecule has 1 aromatic carbocycles. The molecule has 0 N–H and O–H groups in total. The van der Waals surface area contributed by atoms with Gasteiger partial charge in [0.1, 0.15) is 12.1 Å². The molecule has 0 aliphatic carbocycles. The Labute approximate surface area is 113 Å². The van der Waals surface area contributed by atoms with Crippen LogP contribution < -0.4 is 5.46 Å². The van der Waals surface area contributed by atoms with Crippen LogP contribution in [0.5, 0.6) is 0 Å². The topological polar surface area (TPSA) is 66.0 Å². The Balaban J connectivity index is 2.36. The third-order valence-corrected chi connectivity index (χ3v) is 3.81. The van der Waals surface area contributed by atoms with Crippen molar-refractivity contribution in [1.29, 1.82) is 10.5 Å². The van der Waals surface area contributed by atoms with Crippen LogP contribution in [-0.4, -0.2) is 18.3 Å². The van der Waals surface area contributed by atoms with E-state index in [-0.39, 0.29) is 0 Å². The van der Waals surface area contributed by atoms with Gasteiger partial charge in [0, 0.05) is 0 Å². The second kappa shape index (κ2) is 4.38. The Morgan fingerprint density at radius 2 is 1.47 bits per heavy atom. The van der Waals surface area contributed by atoms with Gasteiger partial charge in [-0.2, -0.15) is 10.5 Å². The third kappa shape index (κ3) is 2.23. The molecule has 0 aromatic heterocycles. The van der Waals surface area contributed by atoms with Crippen molar-refractivity contribution in [2.75, 3.05) is 0 Å². The normalized spacial score (nSPS) is 19.8. The molecule has 0 saturated carbocycles. The molecule has 0 spiro atoms. The van der Waals surface area contributed by atoms with Crippen LogP contribution in [0.25, 0.3) is 0 Å². The molecule has 0 radical (unpaired) electrons. The first-order valence-corrected chi connectivity index (χ1v) is 6.10. The van der Waals surface area contributed by atoms with Gasteiger partial charge in [-0.1, -0.05) is 6.07 Å². The average molecular weight is 254 g/mol. The summed E-state index contributed by atoms with van der Waals surface area (Å²) in [6.45, 7) is 7.90. The van der Waals surface area contributed by atoms with Gasteiger partial charge in [-0.25, -0.2) is 0 Å². The lowest BCUT2D eigenvalue weighted by molar-refractivity contribution is 0.00578. The molecule has 1 aliphatic heterocycles. The van der Waals surface area contributed by atoms with E-state index in [1.54, 1.807) is 18.2 Å². The van der Waals surface area contributed by atoms with Crippen LogP contribution >= 0.6 is 0 Å².